The lowest BCUT2D eigenvalue weighted by molar-refractivity contribution is 0.310. The molecule has 0 saturated carbocycles. The van der Waals surface area contributed by atoms with Crippen molar-refractivity contribution in [2.75, 3.05) is 7.11 Å². The lowest BCUT2D eigenvalue weighted by Gasteiger charge is -2.02. The Hall–Kier alpha value is -3.06. The maximum atomic E-state index is 5.40. The fourth-order valence-electron chi connectivity index (χ4n) is 3.52. The number of aryl methyl sites for hydroxylation is 1. The summed E-state index contributed by atoms with van der Waals surface area (Å²) in [5, 5.41) is 10.5. The van der Waals surface area contributed by atoms with E-state index in [-0.39, 0.29) is 0 Å². The molecular weight excluding hydrogens is 408 g/mol. The van der Waals surface area contributed by atoms with Gasteiger partial charge in [-0.15, -0.1) is 0 Å². The normalized spacial score (nSPS) is 11.5. The molecule has 0 amide bonds. The van der Waals surface area contributed by atoms with Crippen LogP contribution in [0.15, 0.2) is 57.9 Å². The van der Waals surface area contributed by atoms with Crippen LogP contribution in [-0.4, -0.2) is 27.0 Å². The van der Waals surface area contributed by atoms with E-state index in [4.69, 9.17) is 9.37 Å². The molecule has 0 saturated heterocycles. The van der Waals surface area contributed by atoms with Gasteiger partial charge in [-0.05, 0) is 46.7 Å². The summed E-state index contributed by atoms with van der Waals surface area (Å²) in [7, 11) is 3.67. The summed E-state index contributed by atoms with van der Waals surface area (Å²) in [6.07, 6.45) is 3.98. The second-order valence-corrected chi connectivity index (χ2v) is 7.31. The third-order valence-corrected chi connectivity index (χ3v) is 5.33. The molecule has 0 aliphatic carbocycles. The molecule has 0 aliphatic heterocycles. The molecule has 5 aromatic rings. The van der Waals surface area contributed by atoms with Crippen molar-refractivity contribution in [3.63, 3.8) is 0 Å². The molecule has 2 aromatic carbocycles. The molecule has 0 atom stereocenters. The first-order valence-corrected chi connectivity index (χ1v) is 9.18. The molecule has 1 N–H and O–H groups in total. The Labute approximate surface area is 162 Å². The van der Waals surface area contributed by atoms with E-state index in [2.05, 4.69) is 41.9 Å². The van der Waals surface area contributed by atoms with Crippen molar-refractivity contribution in [1.29, 1.82) is 0 Å². The number of H-pyrrole nitrogens is 1. The number of nitrogens with one attached hydrogen (secondary N) is 1. The molecule has 7 heteroatoms. The monoisotopic (exact) mass is 422 g/mol. The number of ether oxygens (including phenoxy) is 1. The van der Waals surface area contributed by atoms with E-state index in [1.807, 2.05) is 49.8 Å². The fourth-order valence-corrected chi connectivity index (χ4v) is 3.88. The molecule has 134 valence electrons. The number of benzene rings is 2. The van der Waals surface area contributed by atoms with Gasteiger partial charge in [0.2, 0.25) is 0 Å². The van der Waals surface area contributed by atoms with E-state index in [0.717, 1.165) is 43.2 Å². The minimum atomic E-state index is 0.703. The van der Waals surface area contributed by atoms with Crippen LogP contribution in [0.1, 0.15) is 0 Å². The SMILES string of the molecule is COc1ccc2c(c1)c(-c1nonc1-c1c[nH]c3ccc(Br)cc13)cn2C. The smallest absolute Gasteiger partial charge is 0.145 e. The fraction of sp³-hybridized carbons (Fsp3) is 0.100. The number of halogens is 1. The topological polar surface area (TPSA) is 68.9 Å². The summed E-state index contributed by atoms with van der Waals surface area (Å²) < 4.78 is 13.6. The van der Waals surface area contributed by atoms with Crippen LogP contribution in [0.5, 0.6) is 5.75 Å². The third-order valence-electron chi connectivity index (χ3n) is 4.84. The van der Waals surface area contributed by atoms with Crippen molar-refractivity contribution in [2.45, 2.75) is 0 Å². The van der Waals surface area contributed by atoms with Crippen LogP contribution in [0.2, 0.25) is 0 Å². The van der Waals surface area contributed by atoms with Crippen LogP contribution in [0, 0.1) is 0 Å². The Morgan fingerprint density at radius 3 is 2.67 bits per heavy atom. The Bertz CT molecular complexity index is 1300. The molecule has 0 fully saturated rings. The summed E-state index contributed by atoms with van der Waals surface area (Å²) >= 11 is 3.54. The molecular formula is C20H15BrN4O2. The number of rotatable bonds is 3. The van der Waals surface area contributed by atoms with Crippen molar-refractivity contribution in [3.05, 3.63) is 53.3 Å². The maximum absolute atomic E-state index is 5.40. The Morgan fingerprint density at radius 2 is 1.85 bits per heavy atom. The van der Waals surface area contributed by atoms with E-state index >= 15 is 0 Å². The molecule has 6 nitrogen and oxygen atoms in total. The molecule has 3 aromatic heterocycles. The second-order valence-electron chi connectivity index (χ2n) is 6.39. The highest BCUT2D eigenvalue weighted by Crippen LogP contribution is 2.39. The molecule has 0 bridgehead atoms. The number of aromatic nitrogens is 4. The minimum absolute atomic E-state index is 0.703. The average molecular weight is 423 g/mol. The number of hydrogen-bond acceptors (Lipinski definition) is 4. The van der Waals surface area contributed by atoms with Crippen LogP contribution in [0.4, 0.5) is 0 Å². The van der Waals surface area contributed by atoms with Crippen molar-refractivity contribution >= 4 is 37.7 Å². The van der Waals surface area contributed by atoms with Crippen molar-refractivity contribution in [3.8, 4) is 28.3 Å². The van der Waals surface area contributed by atoms with E-state index in [9.17, 15) is 0 Å². The molecule has 5 rings (SSSR count). The Morgan fingerprint density at radius 1 is 1.04 bits per heavy atom. The first-order valence-electron chi connectivity index (χ1n) is 8.38. The van der Waals surface area contributed by atoms with Gasteiger partial charge in [0.1, 0.15) is 17.1 Å². The number of methoxy groups -OCH3 is 1. The zero-order valence-electron chi connectivity index (χ0n) is 14.7. The molecule has 27 heavy (non-hydrogen) atoms. The van der Waals surface area contributed by atoms with E-state index < -0.39 is 0 Å². The molecule has 0 radical (unpaired) electrons. The number of hydrogen-bond donors (Lipinski definition) is 1. The van der Waals surface area contributed by atoms with Gasteiger partial charge in [-0.1, -0.05) is 15.9 Å². The van der Waals surface area contributed by atoms with Gasteiger partial charge in [-0.2, -0.15) is 0 Å². The maximum Gasteiger partial charge on any atom is 0.145 e. The minimum Gasteiger partial charge on any atom is -0.497 e. The largest absolute Gasteiger partial charge is 0.497 e. The summed E-state index contributed by atoms with van der Waals surface area (Å²) in [4.78, 5) is 3.29. The predicted molar refractivity (Wildman–Crippen MR) is 108 cm³/mol. The van der Waals surface area contributed by atoms with Crippen molar-refractivity contribution in [1.82, 2.24) is 19.9 Å². The summed E-state index contributed by atoms with van der Waals surface area (Å²) in [6, 6.07) is 12.1. The summed E-state index contributed by atoms with van der Waals surface area (Å²) in [5.41, 5.74) is 5.42. The highest BCUT2D eigenvalue weighted by atomic mass is 79.9. The molecule has 0 spiro atoms. The van der Waals surface area contributed by atoms with Gasteiger partial charge in [-0.25, -0.2) is 4.63 Å². The van der Waals surface area contributed by atoms with E-state index in [1.165, 1.54) is 0 Å². The van der Waals surface area contributed by atoms with Crippen LogP contribution >= 0.6 is 15.9 Å². The van der Waals surface area contributed by atoms with Gasteiger partial charge < -0.3 is 14.3 Å². The van der Waals surface area contributed by atoms with Gasteiger partial charge in [0, 0.05) is 56.8 Å². The first-order chi connectivity index (χ1) is 13.2. The second kappa shape index (κ2) is 5.99. The first kappa shape index (κ1) is 16.1. The highest BCUT2D eigenvalue weighted by molar-refractivity contribution is 9.10. The molecule has 3 heterocycles. The van der Waals surface area contributed by atoms with Gasteiger partial charge in [-0.3, -0.25) is 0 Å². The van der Waals surface area contributed by atoms with Gasteiger partial charge >= 0.3 is 0 Å². The number of aromatic amines is 1. The van der Waals surface area contributed by atoms with E-state index in [1.54, 1.807) is 7.11 Å². The zero-order chi connectivity index (χ0) is 18.5. The summed E-state index contributed by atoms with van der Waals surface area (Å²) in [5.74, 6) is 0.795. The van der Waals surface area contributed by atoms with Crippen LogP contribution < -0.4 is 4.74 Å². The van der Waals surface area contributed by atoms with Crippen LogP contribution in [0.25, 0.3) is 44.3 Å². The van der Waals surface area contributed by atoms with Gasteiger partial charge in [0.25, 0.3) is 0 Å². The Kier molecular flexibility index (Phi) is 3.58. The van der Waals surface area contributed by atoms with Crippen molar-refractivity contribution in [2.24, 2.45) is 7.05 Å². The number of nitrogens with zero attached hydrogens (tertiary/aromatic N) is 3. The Balaban J connectivity index is 1.76. The van der Waals surface area contributed by atoms with E-state index in [0.29, 0.717) is 11.4 Å². The van der Waals surface area contributed by atoms with Crippen LogP contribution in [0.3, 0.4) is 0 Å². The lowest BCUT2D eigenvalue weighted by atomic mass is 10.0. The summed E-state index contributed by atoms with van der Waals surface area (Å²) in [6.45, 7) is 0. The molecule has 0 aliphatic rings. The average Bonchev–Trinajstić information content (AvgIpc) is 3.38. The molecule has 0 unspecified atom stereocenters. The van der Waals surface area contributed by atoms with Crippen molar-refractivity contribution < 1.29 is 9.37 Å². The van der Waals surface area contributed by atoms with Crippen LogP contribution in [-0.2, 0) is 7.05 Å². The zero-order valence-corrected chi connectivity index (χ0v) is 16.2. The van der Waals surface area contributed by atoms with Gasteiger partial charge in [0.15, 0.2) is 0 Å². The third kappa shape index (κ3) is 2.46. The standard InChI is InChI=1S/C20H15BrN4O2/c1-25-10-16(14-8-12(26-2)4-6-18(14)25)20-19(23-27-24-20)15-9-22-17-5-3-11(21)7-13(15)17/h3-10,22H,1-2H3. The highest BCUT2D eigenvalue weighted by Gasteiger charge is 2.21. The van der Waals surface area contributed by atoms with Gasteiger partial charge in [0.05, 0.1) is 7.11 Å². The number of fused-ring (bicyclic) bond motifs is 2. The predicted octanol–water partition coefficient (Wildman–Crippen LogP) is 5.15. The lowest BCUT2D eigenvalue weighted by Crippen LogP contribution is -1.85. The quantitative estimate of drug-likeness (QED) is 0.436.